The normalized spacial score (nSPS) is 18.0. The Balaban J connectivity index is 2.05. The highest BCUT2D eigenvalue weighted by atomic mass is 35.5. The van der Waals surface area contributed by atoms with Crippen LogP contribution in [0.15, 0.2) is 27.8 Å². The summed E-state index contributed by atoms with van der Waals surface area (Å²) in [7, 11) is -3.82. The molecule has 2 aliphatic heterocycles. The Morgan fingerprint density at radius 3 is 2.81 bits per heavy atom. The fraction of sp³-hybridized carbons (Fsp3) is 0.200. The predicted octanol–water partition coefficient (Wildman–Crippen LogP) is 2.33. The van der Waals surface area contributed by atoms with Gasteiger partial charge in [-0.05, 0) is 42.5 Å². The number of benzene rings is 1. The van der Waals surface area contributed by atoms with Gasteiger partial charge < -0.3 is 8.92 Å². The number of amidine groups is 2. The third-order valence-corrected chi connectivity index (χ3v) is 4.70. The smallest absolute Gasteiger partial charge is 0.306 e. The molecule has 0 atom stereocenters. The van der Waals surface area contributed by atoms with E-state index in [9.17, 15) is 13.2 Å². The lowest BCUT2D eigenvalue weighted by Gasteiger charge is -2.20. The summed E-state index contributed by atoms with van der Waals surface area (Å²) in [6, 6.07) is 2.87. The Kier molecular flexibility index (Phi) is 5.27. The van der Waals surface area contributed by atoms with Gasteiger partial charge in [-0.3, -0.25) is 10.2 Å². The maximum absolute atomic E-state index is 12.2. The van der Waals surface area contributed by atoms with Crippen LogP contribution in [-0.2, 0) is 14.9 Å². The van der Waals surface area contributed by atoms with Gasteiger partial charge in [0.2, 0.25) is 5.75 Å². The number of amides is 1. The molecule has 1 amide bonds. The highest BCUT2D eigenvalue weighted by Gasteiger charge is 2.32. The van der Waals surface area contributed by atoms with Crippen molar-refractivity contribution in [1.82, 2.24) is 5.01 Å². The van der Waals surface area contributed by atoms with Crippen molar-refractivity contribution < 1.29 is 22.1 Å². The minimum Gasteiger partial charge on any atom is -0.490 e. The molecule has 0 saturated heterocycles. The molecule has 12 heteroatoms. The number of nitrogens with zero attached hydrogens (tertiary/aromatic N) is 3. The minimum absolute atomic E-state index is 0.00805. The largest absolute Gasteiger partial charge is 0.490 e. The molecule has 0 aliphatic carbocycles. The summed E-state index contributed by atoms with van der Waals surface area (Å²) < 4.78 is 33.2. The SMILES string of the molecule is CCOc1cc(/C=C2/C(=N)N3N=CSC3=NC2=O)cc(Cl)c1OS(C)(=O)=O. The van der Waals surface area contributed by atoms with Gasteiger partial charge in [0.05, 0.1) is 29.0 Å². The summed E-state index contributed by atoms with van der Waals surface area (Å²) in [6.07, 6.45) is 2.29. The molecule has 1 aromatic carbocycles. The van der Waals surface area contributed by atoms with Crippen LogP contribution in [0.1, 0.15) is 12.5 Å². The monoisotopic (exact) mass is 428 g/mol. The standard InChI is InChI=1S/C15H13ClN4O5S2/c1-3-24-11-6-8(5-10(16)12(11)25-27(2,22)23)4-9-13(17)20-15(19-14(9)21)26-7-18-20/h4-7,17H,3H2,1-2H3/b9-4-,17-13?. The second kappa shape index (κ2) is 7.33. The first-order valence-electron chi connectivity index (χ1n) is 7.48. The average Bonchev–Trinajstić information content (AvgIpc) is 3.02. The fourth-order valence-corrected chi connectivity index (χ4v) is 3.66. The summed E-state index contributed by atoms with van der Waals surface area (Å²) >= 11 is 7.30. The first kappa shape index (κ1) is 19.4. The average molecular weight is 429 g/mol. The number of ether oxygens (including phenoxy) is 1. The van der Waals surface area contributed by atoms with E-state index in [4.69, 9.17) is 25.9 Å². The van der Waals surface area contributed by atoms with E-state index in [1.807, 2.05) is 0 Å². The van der Waals surface area contributed by atoms with Gasteiger partial charge in [-0.25, -0.2) is 0 Å². The summed E-state index contributed by atoms with van der Waals surface area (Å²) in [5.74, 6) is -0.767. The van der Waals surface area contributed by atoms with E-state index in [0.29, 0.717) is 10.7 Å². The summed E-state index contributed by atoms with van der Waals surface area (Å²) in [6.45, 7) is 1.95. The van der Waals surface area contributed by atoms with E-state index in [2.05, 4.69) is 10.1 Å². The van der Waals surface area contributed by atoms with Crippen LogP contribution in [0.3, 0.4) is 0 Å². The van der Waals surface area contributed by atoms with Crippen molar-refractivity contribution in [2.75, 3.05) is 12.9 Å². The van der Waals surface area contributed by atoms with Crippen LogP contribution in [0.2, 0.25) is 5.02 Å². The van der Waals surface area contributed by atoms with Crippen molar-refractivity contribution in [3.05, 3.63) is 28.3 Å². The van der Waals surface area contributed by atoms with Crippen LogP contribution >= 0.6 is 23.4 Å². The second-order valence-corrected chi connectivity index (χ2v) is 8.10. The van der Waals surface area contributed by atoms with Crippen molar-refractivity contribution in [2.45, 2.75) is 6.92 Å². The molecule has 1 N–H and O–H groups in total. The maximum Gasteiger partial charge on any atom is 0.306 e. The lowest BCUT2D eigenvalue weighted by Crippen LogP contribution is -2.35. The third kappa shape index (κ3) is 4.15. The summed E-state index contributed by atoms with van der Waals surface area (Å²) in [4.78, 5) is 16.1. The number of hydrogen-bond donors (Lipinski definition) is 1. The first-order chi connectivity index (χ1) is 12.7. The topological polar surface area (TPSA) is 121 Å². The number of hydrogen-bond acceptors (Lipinski definition) is 8. The number of thioether (sulfide) groups is 1. The number of rotatable bonds is 5. The lowest BCUT2D eigenvalue weighted by atomic mass is 10.1. The van der Waals surface area contributed by atoms with Crippen LogP contribution in [0.4, 0.5) is 0 Å². The molecule has 142 valence electrons. The number of halogens is 1. The van der Waals surface area contributed by atoms with Crippen molar-refractivity contribution in [3.63, 3.8) is 0 Å². The maximum atomic E-state index is 12.2. The van der Waals surface area contributed by atoms with Gasteiger partial charge in [0.25, 0.3) is 5.91 Å². The second-order valence-electron chi connectivity index (χ2n) is 5.31. The Morgan fingerprint density at radius 1 is 1.41 bits per heavy atom. The predicted molar refractivity (Wildman–Crippen MR) is 104 cm³/mol. The molecule has 0 bridgehead atoms. The first-order valence-corrected chi connectivity index (χ1v) is 10.6. The number of hydrazone groups is 1. The van der Waals surface area contributed by atoms with Gasteiger partial charge in [0.1, 0.15) is 0 Å². The summed E-state index contributed by atoms with van der Waals surface area (Å²) in [5.41, 5.74) is 1.89. The van der Waals surface area contributed by atoms with E-state index in [1.165, 1.54) is 28.8 Å². The Morgan fingerprint density at radius 2 is 2.15 bits per heavy atom. The van der Waals surface area contributed by atoms with E-state index in [1.54, 1.807) is 6.92 Å². The van der Waals surface area contributed by atoms with Gasteiger partial charge in [0.15, 0.2) is 16.8 Å². The Labute approximate surface area is 164 Å². The van der Waals surface area contributed by atoms with E-state index in [-0.39, 0.29) is 34.5 Å². The van der Waals surface area contributed by atoms with Crippen LogP contribution in [-0.4, -0.2) is 48.7 Å². The van der Waals surface area contributed by atoms with Crippen molar-refractivity contribution in [3.8, 4) is 11.5 Å². The molecule has 0 saturated carbocycles. The Hall–Kier alpha value is -2.37. The quantitative estimate of drug-likeness (QED) is 0.564. The molecular formula is C15H13ClN4O5S2. The Bertz CT molecular complexity index is 1030. The highest BCUT2D eigenvalue weighted by Crippen LogP contribution is 2.38. The molecule has 0 unspecified atom stereocenters. The van der Waals surface area contributed by atoms with Crippen molar-refractivity contribution >= 4 is 62.0 Å². The van der Waals surface area contributed by atoms with Crippen molar-refractivity contribution in [1.29, 1.82) is 5.41 Å². The fourth-order valence-electron chi connectivity index (χ4n) is 2.27. The third-order valence-electron chi connectivity index (χ3n) is 3.27. The molecule has 0 spiro atoms. The molecule has 3 rings (SSSR count). The number of carbonyl (C=O) groups is 1. The zero-order valence-electron chi connectivity index (χ0n) is 14.1. The molecule has 9 nitrogen and oxygen atoms in total. The van der Waals surface area contributed by atoms with Crippen LogP contribution in [0.5, 0.6) is 11.5 Å². The number of carbonyl (C=O) groups excluding carboxylic acids is 1. The van der Waals surface area contributed by atoms with Gasteiger partial charge >= 0.3 is 10.1 Å². The minimum atomic E-state index is -3.82. The lowest BCUT2D eigenvalue weighted by molar-refractivity contribution is -0.114. The van der Waals surface area contributed by atoms with E-state index < -0.39 is 16.0 Å². The van der Waals surface area contributed by atoms with Gasteiger partial charge in [-0.2, -0.15) is 23.5 Å². The number of fused-ring (bicyclic) bond motifs is 1. The molecule has 2 heterocycles. The van der Waals surface area contributed by atoms with Crippen LogP contribution in [0, 0.1) is 5.41 Å². The van der Waals surface area contributed by atoms with Gasteiger partial charge in [-0.1, -0.05) is 11.6 Å². The molecule has 2 aliphatic rings. The zero-order valence-corrected chi connectivity index (χ0v) is 16.5. The molecular weight excluding hydrogens is 416 g/mol. The molecule has 0 radical (unpaired) electrons. The molecule has 27 heavy (non-hydrogen) atoms. The number of nitrogens with one attached hydrogen (secondary N) is 1. The molecule has 0 fully saturated rings. The van der Waals surface area contributed by atoms with Crippen molar-refractivity contribution in [2.24, 2.45) is 10.1 Å². The summed E-state index contributed by atoms with van der Waals surface area (Å²) in [5, 5.41) is 13.7. The van der Waals surface area contributed by atoms with Gasteiger partial charge in [-0.15, -0.1) is 0 Å². The van der Waals surface area contributed by atoms with Crippen LogP contribution < -0.4 is 8.92 Å². The van der Waals surface area contributed by atoms with E-state index >= 15 is 0 Å². The zero-order chi connectivity index (χ0) is 19.8. The molecule has 0 aromatic heterocycles. The van der Waals surface area contributed by atoms with Crippen LogP contribution in [0.25, 0.3) is 6.08 Å². The van der Waals surface area contributed by atoms with Gasteiger partial charge in [0, 0.05) is 0 Å². The number of aliphatic imine (C=N–C) groups is 1. The highest BCUT2D eigenvalue weighted by molar-refractivity contribution is 8.25. The van der Waals surface area contributed by atoms with E-state index in [0.717, 1.165) is 18.0 Å². The molecule has 1 aromatic rings.